The highest BCUT2D eigenvalue weighted by Gasteiger charge is 2.24. The number of hydrogen-bond acceptors (Lipinski definition) is 3. The van der Waals surface area contributed by atoms with Crippen molar-refractivity contribution in [2.24, 2.45) is 0 Å². The summed E-state index contributed by atoms with van der Waals surface area (Å²) in [6.07, 6.45) is 0. The third-order valence-electron chi connectivity index (χ3n) is 2.75. The van der Waals surface area contributed by atoms with E-state index in [2.05, 4.69) is 12.2 Å². The van der Waals surface area contributed by atoms with Gasteiger partial charge in [-0.1, -0.05) is 11.6 Å². The first-order valence-corrected chi connectivity index (χ1v) is 6.61. The maximum atomic E-state index is 12.2. The molecule has 1 aliphatic rings. The topological polar surface area (TPSA) is 32.3 Å². The fourth-order valence-electron chi connectivity index (χ4n) is 1.83. The highest BCUT2D eigenvalue weighted by Crippen LogP contribution is 2.28. The average molecular weight is 259 g/mol. The molecule has 1 amide bonds. The molecule has 0 aromatic carbocycles. The molecule has 88 valence electrons. The first-order chi connectivity index (χ1) is 7.59. The summed E-state index contributed by atoms with van der Waals surface area (Å²) in [5.41, 5.74) is 0.984. The van der Waals surface area contributed by atoms with Crippen LogP contribution in [0.3, 0.4) is 0 Å². The summed E-state index contributed by atoms with van der Waals surface area (Å²) in [5.74, 6) is 0.0662. The van der Waals surface area contributed by atoms with Crippen LogP contribution in [0.2, 0.25) is 5.02 Å². The number of aryl methyl sites for hydroxylation is 1. The second kappa shape index (κ2) is 4.73. The van der Waals surface area contributed by atoms with Crippen LogP contribution in [0.1, 0.15) is 22.2 Å². The molecular formula is C11H15ClN2OS. The van der Waals surface area contributed by atoms with E-state index in [1.54, 1.807) is 0 Å². The van der Waals surface area contributed by atoms with Gasteiger partial charge >= 0.3 is 0 Å². The Bertz CT molecular complexity index is 405. The zero-order valence-corrected chi connectivity index (χ0v) is 11.0. The van der Waals surface area contributed by atoms with Crippen LogP contribution in [0.25, 0.3) is 0 Å². The van der Waals surface area contributed by atoms with E-state index >= 15 is 0 Å². The minimum Gasteiger partial charge on any atom is -0.335 e. The number of piperazine rings is 1. The minimum atomic E-state index is 0.0662. The van der Waals surface area contributed by atoms with Crippen molar-refractivity contribution in [3.63, 3.8) is 0 Å². The molecule has 1 aromatic heterocycles. The smallest absolute Gasteiger partial charge is 0.265 e. The molecule has 3 nitrogen and oxygen atoms in total. The molecule has 1 unspecified atom stereocenters. The van der Waals surface area contributed by atoms with Crippen molar-refractivity contribution < 1.29 is 4.79 Å². The molecule has 0 aliphatic carbocycles. The van der Waals surface area contributed by atoms with Gasteiger partial charge in [-0.2, -0.15) is 0 Å². The standard InChI is InChI=1S/C11H15ClN2OS/c1-7-6-16-10(9(7)12)11(15)14-4-3-13-8(2)5-14/h6,8,13H,3-5H2,1-2H3. The predicted octanol–water partition coefficient (Wildman–Crippen LogP) is 2.14. The number of thiophene rings is 1. The summed E-state index contributed by atoms with van der Waals surface area (Å²) in [5, 5.41) is 5.86. The van der Waals surface area contributed by atoms with Gasteiger partial charge in [-0.25, -0.2) is 0 Å². The Labute approximate surface area is 104 Å². The molecule has 5 heteroatoms. The van der Waals surface area contributed by atoms with E-state index in [0.717, 1.165) is 25.2 Å². The van der Waals surface area contributed by atoms with Gasteiger partial charge in [-0.3, -0.25) is 4.79 Å². The first-order valence-electron chi connectivity index (χ1n) is 5.36. The molecule has 16 heavy (non-hydrogen) atoms. The van der Waals surface area contributed by atoms with Crippen LogP contribution in [0.4, 0.5) is 0 Å². The zero-order chi connectivity index (χ0) is 11.7. The molecule has 1 aliphatic heterocycles. The number of carbonyl (C=O) groups excluding carboxylic acids is 1. The van der Waals surface area contributed by atoms with E-state index in [1.807, 2.05) is 17.2 Å². The van der Waals surface area contributed by atoms with Crippen molar-refractivity contribution in [2.45, 2.75) is 19.9 Å². The number of hydrogen-bond donors (Lipinski definition) is 1. The molecule has 0 spiro atoms. The Kier molecular flexibility index (Phi) is 3.52. The number of nitrogens with one attached hydrogen (secondary N) is 1. The molecule has 1 fully saturated rings. The number of carbonyl (C=O) groups is 1. The van der Waals surface area contributed by atoms with E-state index in [9.17, 15) is 4.79 Å². The molecule has 0 bridgehead atoms. The first kappa shape index (κ1) is 11.9. The quantitative estimate of drug-likeness (QED) is 0.837. The lowest BCUT2D eigenvalue weighted by atomic mass is 10.2. The molecule has 1 atom stereocenters. The minimum absolute atomic E-state index is 0.0662. The Hall–Kier alpha value is -0.580. The summed E-state index contributed by atoms with van der Waals surface area (Å²) < 4.78 is 0. The van der Waals surface area contributed by atoms with Crippen molar-refractivity contribution in [2.75, 3.05) is 19.6 Å². The summed E-state index contributed by atoms with van der Waals surface area (Å²) in [4.78, 5) is 14.8. The molecule has 2 heterocycles. The lowest BCUT2D eigenvalue weighted by Crippen LogP contribution is -2.51. The van der Waals surface area contributed by atoms with E-state index < -0.39 is 0 Å². The van der Waals surface area contributed by atoms with E-state index in [-0.39, 0.29) is 5.91 Å². The number of nitrogens with zero attached hydrogens (tertiary/aromatic N) is 1. The van der Waals surface area contributed by atoms with Gasteiger partial charge in [0, 0.05) is 25.7 Å². The summed E-state index contributed by atoms with van der Waals surface area (Å²) >= 11 is 7.54. The monoisotopic (exact) mass is 258 g/mol. The van der Waals surface area contributed by atoms with Crippen LogP contribution >= 0.6 is 22.9 Å². The largest absolute Gasteiger partial charge is 0.335 e. The molecule has 0 saturated carbocycles. The van der Waals surface area contributed by atoms with E-state index in [4.69, 9.17) is 11.6 Å². The van der Waals surface area contributed by atoms with Gasteiger partial charge in [0.15, 0.2) is 0 Å². The van der Waals surface area contributed by atoms with Crippen molar-refractivity contribution in [1.29, 1.82) is 0 Å². The van der Waals surface area contributed by atoms with Gasteiger partial charge in [-0.15, -0.1) is 11.3 Å². The van der Waals surface area contributed by atoms with Crippen LogP contribution in [-0.2, 0) is 0 Å². The maximum absolute atomic E-state index is 12.2. The van der Waals surface area contributed by atoms with Crippen LogP contribution in [-0.4, -0.2) is 36.5 Å². The van der Waals surface area contributed by atoms with Crippen LogP contribution in [0.15, 0.2) is 5.38 Å². The highest BCUT2D eigenvalue weighted by molar-refractivity contribution is 7.13. The van der Waals surface area contributed by atoms with Gasteiger partial charge in [-0.05, 0) is 24.8 Å². The van der Waals surface area contributed by atoms with Gasteiger partial charge in [0.05, 0.1) is 5.02 Å². The Balaban J connectivity index is 2.15. The number of rotatable bonds is 1. The third kappa shape index (κ3) is 2.24. The van der Waals surface area contributed by atoms with Crippen molar-refractivity contribution in [3.8, 4) is 0 Å². The fraction of sp³-hybridized carbons (Fsp3) is 0.545. The predicted molar refractivity (Wildman–Crippen MR) is 67.4 cm³/mol. The molecule has 1 N–H and O–H groups in total. The lowest BCUT2D eigenvalue weighted by molar-refractivity contribution is 0.0714. The van der Waals surface area contributed by atoms with Gasteiger partial charge < -0.3 is 10.2 Å². The van der Waals surface area contributed by atoms with Crippen molar-refractivity contribution in [3.05, 3.63) is 20.8 Å². The SMILES string of the molecule is Cc1csc(C(=O)N2CCNC(C)C2)c1Cl. The van der Waals surface area contributed by atoms with Crippen molar-refractivity contribution in [1.82, 2.24) is 10.2 Å². The summed E-state index contributed by atoms with van der Waals surface area (Å²) in [7, 11) is 0. The van der Waals surface area contributed by atoms with Gasteiger partial charge in [0.25, 0.3) is 5.91 Å². The van der Waals surface area contributed by atoms with Gasteiger partial charge in [0.1, 0.15) is 4.88 Å². The summed E-state index contributed by atoms with van der Waals surface area (Å²) in [6, 6.07) is 0.359. The molecule has 2 rings (SSSR count). The zero-order valence-electron chi connectivity index (χ0n) is 9.42. The van der Waals surface area contributed by atoms with Crippen LogP contribution in [0.5, 0.6) is 0 Å². The lowest BCUT2D eigenvalue weighted by Gasteiger charge is -2.31. The molecule has 0 radical (unpaired) electrons. The summed E-state index contributed by atoms with van der Waals surface area (Å²) in [6.45, 7) is 6.38. The molecule has 1 aromatic rings. The van der Waals surface area contributed by atoms with Crippen molar-refractivity contribution >= 4 is 28.8 Å². The Morgan fingerprint density at radius 3 is 3.00 bits per heavy atom. The highest BCUT2D eigenvalue weighted by atomic mass is 35.5. The van der Waals surface area contributed by atoms with Gasteiger partial charge in [0.2, 0.25) is 0 Å². The fourth-order valence-corrected chi connectivity index (χ4v) is 3.08. The number of amides is 1. The normalized spacial score (nSPS) is 21.2. The third-order valence-corrected chi connectivity index (χ3v) is 4.43. The number of halogens is 1. The maximum Gasteiger partial charge on any atom is 0.265 e. The van der Waals surface area contributed by atoms with E-state index in [1.165, 1.54) is 11.3 Å². The second-order valence-corrected chi connectivity index (χ2v) is 5.43. The van der Waals surface area contributed by atoms with Crippen LogP contribution < -0.4 is 5.32 Å². The Morgan fingerprint density at radius 1 is 1.69 bits per heavy atom. The van der Waals surface area contributed by atoms with E-state index in [0.29, 0.717) is 15.9 Å². The Morgan fingerprint density at radius 2 is 2.44 bits per heavy atom. The average Bonchev–Trinajstić information content (AvgIpc) is 2.59. The van der Waals surface area contributed by atoms with Crippen LogP contribution in [0, 0.1) is 6.92 Å². The molecular weight excluding hydrogens is 244 g/mol. The molecule has 1 saturated heterocycles. The second-order valence-electron chi connectivity index (χ2n) is 4.17.